The van der Waals surface area contributed by atoms with E-state index in [0.717, 1.165) is 12.8 Å². The largest absolute Gasteiger partial charge is 0.461 e. The Hall–Kier alpha value is -2.19. The van der Waals surface area contributed by atoms with Gasteiger partial charge in [-0.2, -0.15) is 0 Å². The Kier molecular flexibility index (Phi) is 7.69. The van der Waals surface area contributed by atoms with Gasteiger partial charge in [0.1, 0.15) is 24.2 Å². The van der Waals surface area contributed by atoms with E-state index >= 15 is 0 Å². The van der Waals surface area contributed by atoms with E-state index in [-0.39, 0.29) is 25.0 Å². The van der Waals surface area contributed by atoms with Crippen molar-refractivity contribution >= 4 is 17.8 Å². The fraction of sp³-hybridized carbons (Fsp3) is 0.720. The summed E-state index contributed by atoms with van der Waals surface area (Å²) in [7, 11) is 0. The second kappa shape index (κ2) is 9.97. The number of hydrogen-bond acceptors (Lipinski definition) is 6. The molecule has 0 saturated carbocycles. The number of carbonyl (C=O) groups is 3. The number of amides is 2. The summed E-state index contributed by atoms with van der Waals surface area (Å²) in [5, 5.41) is 9.94. The summed E-state index contributed by atoms with van der Waals surface area (Å²) in [5.41, 5.74) is -1.95. The molecule has 3 saturated heterocycles. The predicted molar refractivity (Wildman–Crippen MR) is 123 cm³/mol. The van der Waals surface area contributed by atoms with Gasteiger partial charge in [0.15, 0.2) is 0 Å². The number of rotatable bonds is 12. The molecule has 1 spiro atoms. The summed E-state index contributed by atoms with van der Waals surface area (Å²) < 4.78 is 12.1. The number of hydrogen-bond donors (Lipinski definition) is 1. The molecule has 3 fully saturated rings. The van der Waals surface area contributed by atoms with Crippen LogP contribution in [0.25, 0.3) is 0 Å². The molecular weight excluding hydrogens is 424 g/mol. The van der Waals surface area contributed by atoms with Crippen molar-refractivity contribution in [1.29, 1.82) is 0 Å². The number of aliphatic hydroxyl groups excluding tert-OH is 1. The molecule has 2 amide bonds. The van der Waals surface area contributed by atoms with Crippen molar-refractivity contribution < 1.29 is 29.0 Å². The number of aliphatic hydroxyl groups is 1. The average Bonchev–Trinajstić information content (AvgIpc) is 3.42. The molecule has 3 aliphatic heterocycles. The molecule has 184 valence electrons. The third-order valence-corrected chi connectivity index (χ3v) is 7.63. The molecular formula is C25H38N2O6. The van der Waals surface area contributed by atoms with Crippen LogP contribution < -0.4 is 0 Å². The lowest BCUT2D eigenvalue weighted by Crippen LogP contribution is -2.58. The highest BCUT2D eigenvalue weighted by Crippen LogP contribution is 2.64. The maximum atomic E-state index is 14.0. The van der Waals surface area contributed by atoms with Crippen molar-refractivity contribution in [1.82, 2.24) is 9.80 Å². The first-order chi connectivity index (χ1) is 15.8. The van der Waals surface area contributed by atoms with Crippen LogP contribution in [0, 0.1) is 11.8 Å². The van der Waals surface area contributed by atoms with Gasteiger partial charge in [0.25, 0.3) is 0 Å². The molecule has 2 bridgehead atoms. The maximum absolute atomic E-state index is 14.0. The average molecular weight is 463 g/mol. The summed E-state index contributed by atoms with van der Waals surface area (Å²) in [5.74, 6) is -2.64. The molecule has 0 aliphatic carbocycles. The number of unbranched alkanes of at least 4 members (excludes halogenated alkanes) is 1. The Balaban J connectivity index is 2.08. The van der Waals surface area contributed by atoms with Gasteiger partial charge in [0.05, 0.1) is 24.2 Å². The van der Waals surface area contributed by atoms with E-state index in [9.17, 15) is 19.5 Å². The summed E-state index contributed by atoms with van der Waals surface area (Å²) in [6.45, 7) is 13.7. The minimum Gasteiger partial charge on any atom is -0.461 e. The molecule has 0 radical (unpaired) electrons. The lowest BCUT2D eigenvalue weighted by Gasteiger charge is -2.38. The van der Waals surface area contributed by atoms with E-state index in [1.165, 1.54) is 11.0 Å². The highest BCUT2D eigenvalue weighted by Gasteiger charge is 2.79. The van der Waals surface area contributed by atoms with Crippen molar-refractivity contribution in [3.8, 4) is 0 Å². The van der Waals surface area contributed by atoms with E-state index in [0.29, 0.717) is 32.4 Å². The molecule has 0 aromatic carbocycles. The number of fused-ring (bicyclic) bond motifs is 1. The van der Waals surface area contributed by atoms with Crippen LogP contribution in [0.15, 0.2) is 25.3 Å². The van der Waals surface area contributed by atoms with Crippen LogP contribution in [0.4, 0.5) is 0 Å². The first-order valence-corrected chi connectivity index (χ1v) is 12.1. The fourth-order valence-corrected chi connectivity index (χ4v) is 6.06. The zero-order valence-electron chi connectivity index (χ0n) is 20.1. The third kappa shape index (κ3) is 3.91. The quantitative estimate of drug-likeness (QED) is 0.352. The van der Waals surface area contributed by atoms with Gasteiger partial charge in [-0.1, -0.05) is 39.0 Å². The smallest absolute Gasteiger partial charge is 0.313 e. The van der Waals surface area contributed by atoms with Gasteiger partial charge in [-0.05, 0) is 32.6 Å². The number of esters is 1. The zero-order chi connectivity index (χ0) is 24.4. The second-order valence-corrected chi connectivity index (χ2v) is 9.46. The molecule has 3 heterocycles. The Morgan fingerprint density at radius 1 is 1.33 bits per heavy atom. The minimum atomic E-state index is -1.11. The van der Waals surface area contributed by atoms with E-state index in [2.05, 4.69) is 20.1 Å². The fourth-order valence-electron chi connectivity index (χ4n) is 6.06. The van der Waals surface area contributed by atoms with Gasteiger partial charge in [-0.3, -0.25) is 14.4 Å². The summed E-state index contributed by atoms with van der Waals surface area (Å²) in [6, 6.07) is -1.49. The molecule has 8 heteroatoms. The highest BCUT2D eigenvalue weighted by molar-refractivity contribution is 5.98. The number of carbonyl (C=O) groups excluding carboxylic acids is 3. The second-order valence-electron chi connectivity index (χ2n) is 9.46. The molecule has 3 aliphatic rings. The summed E-state index contributed by atoms with van der Waals surface area (Å²) in [4.78, 5) is 44.2. The van der Waals surface area contributed by atoms with Crippen molar-refractivity contribution in [2.24, 2.45) is 11.8 Å². The lowest BCUT2D eigenvalue weighted by atomic mass is 9.65. The zero-order valence-corrected chi connectivity index (χ0v) is 20.1. The Morgan fingerprint density at radius 3 is 2.64 bits per heavy atom. The van der Waals surface area contributed by atoms with Crippen LogP contribution in [0.2, 0.25) is 0 Å². The monoisotopic (exact) mass is 462 g/mol. The molecule has 8 nitrogen and oxygen atoms in total. The summed E-state index contributed by atoms with van der Waals surface area (Å²) >= 11 is 0. The SMILES string of the molecule is C=CCOC(=O)[C@H]1[C@H]2C(=O)N([C@H](C)CO)C(C(=O)N(CC=C)CCCC)C23CC[C@]1(CC)O3. The van der Waals surface area contributed by atoms with Gasteiger partial charge in [-0.25, -0.2) is 0 Å². The van der Waals surface area contributed by atoms with Crippen molar-refractivity contribution in [2.45, 2.75) is 76.2 Å². The van der Waals surface area contributed by atoms with Crippen molar-refractivity contribution in [2.75, 3.05) is 26.3 Å². The molecule has 3 rings (SSSR count). The van der Waals surface area contributed by atoms with Crippen LogP contribution >= 0.6 is 0 Å². The number of ether oxygens (including phenoxy) is 2. The van der Waals surface area contributed by atoms with Crippen LogP contribution in [0.1, 0.15) is 52.9 Å². The molecule has 6 atom stereocenters. The van der Waals surface area contributed by atoms with Crippen LogP contribution in [0.3, 0.4) is 0 Å². The number of likely N-dealkylation sites (tertiary alicyclic amines) is 1. The van der Waals surface area contributed by atoms with Gasteiger partial charge in [0, 0.05) is 13.1 Å². The first-order valence-electron chi connectivity index (χ1n) is 12.1. The van der Waals surface area contributed by atoms with Crippen LogP contribution in [-0.2, 0) is 23.9 Å². The standard InChI is InChI=1S/C25H38N2O6/c1-6-10-14-26(13-7-2)22(30)20-25-12-11-24(9-4,33-25)19(23(31)32-15-8-3)18(25)21(29)27(20)17(5)16-28/h7-8,17-20,28H,2-3,6,9-16H2,1,4-5H3/t17-,18+,19-,20?,24+,25?/m1/s1. The maximum Gasteiger partial charge on any atom is 0.313 e. The summed E-state index contributed by atoms with van der Waals surface area (Å²) in [6.07, 6.45) is 6.52. The minimum absolute atomic E-state index is 0.0479. The van der Waals surface area contributed by atoms with E-state index in [4.69, 9.17) is 9.47 Å². The van der Waals surface area contributed by atoms with E-state index in [1.54, 1.807) is 17.9 Å². The van der Waals surface area contributed by atoms with Gasteiger partial charge < -0.3 is 24.4 Å². The Bertz CT molecular complexity index is 800. The predicted octanol–water partition coefficient (Wildman–Crippen LogP) is 2.07. The molecule has 0 aromatic rings. The first kappa shape index (κ1) is 25.4. The van der Waals surface area contributed by atoms with Gasteiger partial charge in [-0.15, -0.1) is 6.58 Å². The molecule has 0 aromatic heterocycles. The molecule has 2 unspecified atom stereocenters. The van der Waals surface area contributed by atoms with Gasteiger partial charge >= 0.3 is 5.97 Å². The highest BCUT2D eigenvalue weighted by atomic mass is 16.6. The van der Waals surface area contributed by atoms with Crippen LogP contribution in [-0.4, -0.2) is 82.3 Å². The van der Waals surface area contributed by atoms with Crippen molar-refractivity contribution in [3.63, 3.8) is 0 Å². The number of nitrogens with zero attached hydrogens (tertiary/aromatic N) is 2. The van der Waals surface area contributed by atoms with Gasteiger partial charge in [0.2, 0.25) is 11.8 Å². The van der Waals surface area contributed by atoms with E-state index < -0.39 is 41.1 Å². The lowest BCUT2D eigenvalue weighted by molar-refractivity contribution is -0.162. The normalized spacial score (nSPS) is 33.0. The van der Waals surface area contributed by atoms with Crippen molar-refractivity contribution in [3.05, 3.63) is 25.3 Å². The third-order valence-electron chi connectivity index (χ3n) is 7.63. The Labute approximate surface area is 196 Å². The Morgan fingerprint density at radius 2 is 2.06 bits per heavy atom. The molecule has 33 heavy (non-hydrogen) atoms. The topological polar surface area (TPSA) is 96.4 Å². The van der Waals surface area contributed by atoms with E-state index in [1.807, 2.05) is 6.92 Å². The molecule has 1 N–H and O–H groups in total. The van der Waals surface area contributed by atoms with Crippen LogP contribution in [0.5, 0.6) is 0 Å².